The zero-order chi connectivity index (χ0) is 14.1. The van der Waals surface area contributed by atoms with Crippen molar-refractivity contribution in [3.63, 3.8) is 0 Å². The molecule has 0 aliphatic carbocycles. The molecule has 0 aromatic carbocycles. The number of aromatic nitrogens is 4. The van der Waals surface area contributed by atoms with E-state index in [1.165, 1.54) is 22.8 Å². The number of aryl methyl sites for hydroxylation is 2. The van der Waals surface area contributed by atoms with Crippen molar-refractivity contribution in [2.75, 3.05) is 6.54 Å². The van der Waals surface area contributed by atoms with E-state index in [2.05, 4.69) is 42.0 Å². The first-order valence-corrected chi connectivity index (χ1v) is 7.43. The van der Waals surface area contributed by atoms with Crippen LogP contribution in [0.15, 0.2) is 12.4 Å². The Hall–Kier alpha value is -1.62. The molecular weight excluding hydrogens is 250 g/mol. The first-order chi connectivity index (χ1) is 9.65. The smallest absolute Gasteiger partial charge is 0.111 e. The van der Waals surface area contributed by atoms with Gasteiger partial charge in [-0.3, -0.25) is 4.68 Å². The van der Waals surface area contributed by atoms with Crippen LogP contribution in [0.25, 0.3) is 0 Å². The Labute approximate surface area is 120 Å². The van der Waals surface area contributed by atoms with Gasteiger partial charge in [0, 0.05) is 43.9 Å². The molecule has 3 rings (SSSR count). The van der Waals surface area contributed by atoms with E-state index in [0.717, 1.165) is 32.6 Å². The van der Waals surface area contributed by atoms with Crippen molar-refractivity contribution in [1.82, 2.24) is 24.6 Å². The van der Waals surface area contributed by atoms with Crippen LogP contribution < -0.4 is 5.32 Å². The topological polar surface area (TPSA) is 47.7 Å². The third-order valence-corrected chi connectivity index (χ3v) is 3.85. The van der Waals surface area contributed by atoms with Gasteiger partial charge >= 0.3 is 0 Å². The Kier molecular flexibility index (Phi) is 3.61. The van der Waals surface area contributed by atoms with Crippen molar-refractivity contribution in [3.8, 4) is 0 Å². The highest BCUT2D eigenvalue weighted by Gasteiger charge is 2.20. The average Bonchev–Trinajstić information content (AvgIpc) is 3.00. The Balaban J connectivity index is 1.85. The molecule has 5 heteroatoms. The van der Waals surface area contributed by atoms with E-state index < -0.39 is 0 Å². The molecule has 0 saturated heterocycles. The summed E-state index contributed by atoms with van der Waals surface area (Å²) in [7, 11) is 0. The summed E-state index contributed by atoms with van der Waals surface area (Å²) in [6, 6.07) is 0. The van der Waals surface area contributed by atoms with E-state index >= 15 is 0 Å². The van der Waals surface area contributed by atoms with Gasteiger partial charge in [-0.2, -0.15) is 5.10 Å². The minimum Gasteiger partial charge on any atom is -0.330 e. The van der Waals surface area contributed by atoms with Gasteiger partial charge in [-0.25, -0.2) is 4.98 Å². The second-order valence-electron chi connectivity index (χ2n) is 5.88. The molecule has 0 atom stereocenters. The van der Waals surface area contributed by atoms with Crippen LogP contribution in [-0.2, 0) is 26.1 Å². The predicted molar refractivity (Wildman–Crippen MR) is 78.7 cm³/mol. The number of rotatable bonds is 4. The standard InChI is InChI=1S/C15H23N5/c1-11(2)15-18-13-9-16-5-4-14(13)20(15)7-6-19-10-12(3)8-17-19/h8,10-11,16H,4-7,9H2,1-3H3. The molecule has 0 amide bonds. The molecule has 0 radical (unpaired) electrons. The molecule has 1 N–H and O–H groups in total. The van der Waals surface area contributed by atoms with Crippen LogP contribution in [0.1, 0.15) is 42.5 Å². The van der Waals surface area contributed by atoms with Crippen LogP contribution in [0, 0.1) is 6.92 Å². The van der Waals surface area contributed by atoms with E-state index in [1.807, 2.05) is 10.9 Å². The Morgan fingerprint density at radius 1 is 1.35 bits per heavy atom. The zero-order valence-electron chi connectivity index (χ0n) is 12.6. The molecule has 5 nitrogen and oxygen atoms in total. The molecule has 0 spiro atoms. The molecule has 1 aliphatic heterocycles. The number of fused-ring (bicyclic) bond motifs is 1. The highest BCUT2D eigenvalue weighted by Crippen LogP contribution is 2.21. The predicted octanol–water partition coefficient (Wildman–Crippen LogP) is 1.86. The molecule has 2 aromatic heterocycles. The number of hydrogen-bond donors (Lipinski definition) is 1. The van der Waals surface area contributed by atoms with E-state index in [-0.39, 0.29) is 0 Å². The Morgan fingerprint density at radius 3 is 2.90 bits per heavy atom. The molecule has 108 valence electrons. The van der Waals surface area contributed by atoms with Gasteiger partial charge in [-0.1, -0.05) is 13.8 Å². The van der Waals surface area contributed by atoms with Crippen LogP contribution in [0.2, 0.25) is 0 Å². The van der Waals surface area contributed by atoms with Gasteiger partial charge in [0.25, 0.3) is 0 Å². The van der Waals surface area contributed by atoms with Gasteiger partial charge in [0.05, 0.1) is 18.4 Å². The number of nitrogens with zero attached hydrogens (tertiary/aromatic N) is 4. The van der Waals surface area contributed by atoms with E-state index in [0.29, 0.717) is 5.92 Å². The summed E-state index contributed by atoms with van der Waals surface area (Å²) in [6.07, 6.45) is 5.09. The van der Waals surface area contributed by atoms with Crippen LogP contribution >= 0.6 is 0 Å². The van der Waals surface area contributed by atoms with Gasteiger partial charge in [-0.05, 0) is 12.5 Å². The van der Waals surface area contributed by atoms with Gasteiger partial charge in [0.2, 0.25) is 0 Å². The third-order valence-electron chi connectivity index (χ3n) is 3.85. The lowest BCUT2D eigenvalue weighted by Gasteiger charge is -2.17. The fourth-order valence-corrected chi connectivity index (χ4v) is 2.87. The molecule has 0 saturated carbocycles. The summed E-state index contributed by atoms with van der Waals surface area (Å²) in [5.74, 6) is 1.67. The monoisotopic (exact) mass is 273 g/mol. The van der Waals surface area contributed by atoms with Crippen LogP contribution in [0.5, 0.6) is 0 Å². The second kappa shape index (κ2) is 5.40. The normalized spacial score (nSPS) is 14.8. The van der Waals surface area contributed by atoms with Gasteiger partial charge in [0.1, 0.15) is 5.82 Å². The zero-order valence-corrected chi connectivity index (χ0v) is 12.6. The van der Waals surface area contributed by atoms with Gasteiger partial charge < -0.3 is 9.88 Å². The number of imidazole rings is 1. The molecule has 1 aliphatic rings. The van der Waals surface area contributed by atoms with Crippen molar-refractivity contribution in [3.05, 3.63) is 35.2 Å². The van der Waals surface area contributed by atoms with Crippen molar-refractivity contribution in [1.29, 1.82) is 0 Å². The summed E-state index contributed by atoms with van der Waals surface area (Å²) in [5.41, 5.74) is 3.86. The van der Waals surface area contributed by atoms with Crippen molar-refractivity contribution >= 4 is 0 Å². The fourth-order valence-electron chi connectivity index (χ4n) is 2.87. The lowest BCUT2D eigenvalue weighted by molar-refractivity contribution is 0.493. The number of hydrogen-bond acceptors (Lipinski definition) is 3. The SMILES string of the molecule is Cc1cnn(CCn2c(C(C)C)nc3c2CCNC3)c1. The highest BCUT2D eigenvalue weighted by atomic mass is 15.3. The van der Waals surface area contributed by atoms with Crippen LogP contribution in [-0.4, -0.2) is 25.9 Å². The van der Waals surface area contributed by atoms with Gasteiger partial charge in [-0.15, -0.1) is 0 Å². The maximum Gasteiger partial charge on any atom is 0.111 e. The minimum atomic E-state index is 0.458. The first kappa shape index (κ1) is 13.4. The summed E-state index contributed by atoms with van der Waals surface area (Å²) in [4.78, 5) is 4.84. The molecular formula is C15H23N5. The van der Waals surface area contributed by atoms with Gasteiger partial charge in [0.15, 0.2) is 0 Å². The molecule has 0 bridgehead atoms. The quantitative estimate of drug-likeness (QED) is 0.925. The van der Waals surface area contributed by atoms with E-state index in [1.54, 1.807) is 0 Å². The maximum atomic E-state index is 4.84. The fraction of sp³-hybridized carbons (Fsp3) is 0.600. The van der Waals surface area contributed by atoms with Crippen molar-refractivity contribution in [2.45, 2.75) is 52.7 Å². The molecule has 2 aromatic rings. The molecule has 3 heterocycles. The van der Waals surface area contributed by atoms with Crippen molar-refractivity contribution in [2.24, 2.45) is 0 Å². The summed E-state index contributed by atoms with van der Waals surface area (Å²) in [5, 5.41) is 7.78. The lowest BCUT2D eigenvalue weighted by Crippen LogP contribution is -2.25. The Morgan fingerprint density at radius 2 is 2.20 bits per heavy atom. The largest absolute Gasteiger partial charge is 0.330 e. The van der Waals surface area contributed by atoms with Crippen LogP contribution in [0.3, 0.4) is 0 Å². The highest BCUT2D eigenvalue weighted by molar-refractivity contribution is 5.21. The van der Waals surface area contributed by atoms with E-state index in [4.69, 9.17) is 4.98 Å². The van der Waals surface area contributed by atoms with Crippen LogP contribution in [0.4, 0.5) is 0 Å². The third kappa shape index (κ3) is 2.50. The Bertz CT molecular complexity index is 593. The molecule has 0 unspecified atom stereocenters. The summed E-state index contributed by atoms with van der Waals surface area (Å²) in [6.45, 7) is 10.3. The lowest BCUT2D eigenvalue weighted by atomic mass is 10.2. The first-order valence-electron chi connectivity index (χ1n) is 7.43. The second-order valence-corrected chi connectivity index (χ2v) is 5.88. The summed E-state index contributed by atoms with van der Waals surface area (Å²) < 4.78 is 4.44. The number of nitrogens with one attached hydrogen (secondary N) is 1. The summed E-state index contributed by atoms with van der Waals surface area (Å²) >= 11 is 0. The maximum absolute atomic E-state index is 4.84. The minimum absolute atomic E-state index is 0.458. The molecule has 20 heavy (non-hydrogen) atoms. The average molecular weight is 273 g/mol. The van der Waals surface area contributed by atoms with Crippen molar-refractivity contribution < 1.29 is 0 Å². The van der Waals surface area contributed by atoms with E-state index in [9.17, 15) is 0 Å². The molecule has 0 fully saturated rings.